The first kappa shape index (κ1) is 17.3. The van der Waals surface area contributed by atoms with Gasteiger partial charge in [0.15, 0.2) is 0 Å². The Morgan fingerprint density at radius 3 is 2.48 bits per heavy atom. The number of carbonyl (C=O) groups excluding carboxylic acids is 1. The van der Waals surface area contributed by atoms with E-state index in [2.05, 4.69) is 5.32 Å². The number of methoxy groups -OCH3 is 1. The molecule has 0 saturated heterocycles. The van der Waals surface area contributed by atoms with E-state index in [1.54, 1.807) is 6.07 Å². The van der Waals surface area contributed by atoms with Gasteiger partial charge in [0.25, 0.3) is 0 Å². The lowest BCUT2D eigenvalue weighted by atomic mass is 10.1. The SMILES string of the molecule is COc1ccccc1[C@H](C)NC(C)C(=O)NCC(F)(F)F. The summed E-state index contributed by atoms with van der Waals surface area (Å²) < 4.78 is 41.4. The van der Waals surface area contributed by atoms with Gasteiger partial charge in [0.1, 0.15) is 12.3 Å². The molecule has 118 valence electrons. The minimum absolute atomic E-state index is 0.243. The van der Waals surface area contributed by atoms with Crippen molar-refractivity contribution in [2.75, 3.05) is 13.7 Å². The Kier molecular flexibility index (Phi) is 6.02. The number of nitrogens with one attached hydrogen (secondary N) is 2. The van der Waals surface area contributed by atoms with Crippen LogP contribution in [0.15, 0.2) is 24.3 Å². The second kappa shape index (κ2) is 7.31. The summed E-state index contributed by atoms with van der Waals surface area (Å²) in [6.45, 7) is 1.99. The van der Waals surface area contributed by atoms with Crippen molar-refractivity contribution in [2.45, 2.75) is 32.1 Å². The number of ether oxygens (including phenoxy) is 1. The first-order valence-electron chi connectivity index (χ1n) is 6.48. The van der Waals surface area contributed by atoms with E-state index in [0.717, 1.165) is 5.56 Å². The maximum Gasteiger partial charge on any atom is 0.405 e. The van der Waals surface area contributed by atoms with Crippen molar-refractivity contribution in [2.24, 2.45) is 0 Å². The van der Waals surface area contributed by atoms with Crippen LogP contribution in [0.4, 0.5) is 13.2 Å². The highest BCUT2D eigenvalue weighted by atomic mass is 19.4. The van der Waals surface area contributed by atoms with E-state index in [0.29, 0.717) is 5.75 Å². The zero-order valence-electron chi connectivity index (χ0n) is 12.1. The highest BCUT2D eigenvalue weighted by Crippen LogP contribution is 2.24. The highest BCUT2D eigenvalue weighted by molar-refractivity contribution is 5.81. The molecule has 0 aliphatic rings. The molecule has 0 aliphatic carbocycles. The van der Waals surface area contributed by atoms with Crippen LogP contribution in [-0.2, 0) is 4.79 Å². The van der Waals surface area contributed by atoms with Gasteiger partial charge in [0.2, 0.25) is 5.91 Å². The van der Waals surface area contributed by atoms with E-state index in [4.69, 9.17) is 4.74 Å². The predicted molar refractivity (Wildman–Crippen MR) is 73.1 cm³/mol. The molecule has 0 fully saturated rings. The Bertz CT molecular complexity index is 478. The van der Waals surface area contributed by atoms with Gasteiger partial charge in [-0.15, -0.1) is 0 Å². The van der Waals surface area contributed by atoms with Gasteiger partial charge in [-0.1, -0.05) is 18.2 Å². The first-order valence-corrected chi connectivity index (χ1v) is 6.48. The van der Waals surface area contributed by atoms with Gasteiger partial charge in [-0.3, -0.25) is 10.1 Å². The highest BCUT2D eigenvalue weighted by Gasteiger charge is 2.29. The van der Waals surface area contributed by atoms with Gasteiger partial charge in [0, 0.05) is 11.6 Å². The third-order valence-corrected chi connectivity index (χ3v) is 2.96. The van der Waals surface area contributed by atoms with E-state index in [-0.39, 0.29) is 6.04 Å². The van der Waals surface area contributed by atoms with E-state index < -0.39 is 24.7 Å². The topological polar surface area (TPSA) is 50.4 Å². The van der Waals surface area contributed by atoms with Crippen molar-refractivity contribution in [3.05, 3.63) is 29.8 Å². The number of hydrogen-bond donors (Lipinski definition) is 2. The van der Waals surface area contributed by atoms with Gasteiger partial charge in [-0.25, -0.2) is 0 Å². The molecule has 7 heteroatoms. The fourth-order valence-electron chi connectivity index (χ4n) is 1.91. The fourth-order valence-corrected chi connectivity index (χ4v) is 1.91. The van der Waals surface area contributed by atoms with E-state index >= 15 is 0 Å². The summed E-state index contributed by atoms with van der Waals surface area (Å²) in [5.41, 5.74) is 0.829. The molecule has 0 saturated carbocycles. The molecule has 2 atom stereocenters. The molecule has 0 aromatic heterocycles. The van der Waals surface area contributed by atoms with Crippen LogP contribution in [0.2, 0.25) is 0 Å². The van der Waals surface area contributed by atoms with Crippen molar-refractivity contribution in [3.8, 4) is 5.75 Å². The average Bonchev–Trinajstić information content (AvgIpc) is 2.43. The van der Waals surface area contributed by atoms with Crippen molar-refractivity contribution in [3.63, 3.8) is 0 Å². The first-order chi connectivity index (χ1) is 9.74. The largest absolute Gasteiger partial charge is 0.496 e. The molecule has 2 N–H and O–H groups in total. The number of halogens is 3. The third kappa shape index (κ3) is 5.63. The number of alkyl halides is 3. The second-order valence-electron chi connectivity index (χ2n) is 4.68. The molecule has 0 heterocycles. The predicted octanol–water partition coefficient (Wildman–Crippen LogP) is 2.41. The zero-order valence-corrected chi connectivity index (χ0v) is 12.1. The average molecular weight is 304 g/mol. The molecule has 0 bridgehead atoms. The quantitative estimate of drug-likeness (QED) is 0.848. The number of hydrogen-bond acceptors (Lipinski definition) is 3. The molecule has 0 aliphatic heterocycles. The van der Waals surface area contributed by atoms with Crippen LogP contribution in [0.25, 0.3) is 0 Å². The van der Waals surface area contributed by atoms with Crippen LogP contribution < -0.4 is 15.4 Å². The normalized spacial score (nSPS) is 14.4. The maximum atomic E-state index is 12.1. The van der Waals surface area contributed by atoms with Gasteiger partial charge >= 0.3 is 6.18 Å². The summed E-state index contributed by atoms with van der Waals surface area (Å²) in [6, 6.07) is 6.25. The summed E-state index contributed by atoms with van der Waals surface area (Å²) in [5, 5.41) is 4.80. The van der Waals surface area contributed by atoms with Crippen LogP contribution in [0.1, 0.15) is 25.5 Å². The minimum Gasteiger partial charge on any atom is -0.496 e. The maximum absolute atomic E-state index is 12.1. The van der Waals surface area contributed by atoms with Crippen LogP contribution in [-0.4, -0.2) is 31.8 Å². The lowest BCUT2D eigenvalue weighted by Gasteiger charge is -2.21. The number of para-hydroxylation sites is 1. The van der Waals surface area contributed by atoms with Crippen LogP contribution in [0, 0.1) is 0 Å². The minimum atomic E-state index is -4.41. The molecular weight excluding hydrogens is 285 g/mol. The number of benzene rings is 1. The smallest absolute Gasteiger partial charge is 0.405 e. The van der Waals surface area contributed by atoms with Crippen molar-refractivity contribution < 1.29 is 22.7 Å². The third-order valence-electron chi connectivity index (χ3n) is 2.96. The Morgan fingerprint density at radius 1 is 1.29 bits per heavy atom. The van der Waals surface area contributed by atoms with Crippen molar-refractivity contribution >= 4 is 5.91 Å². The number of rotatable bonds is 6. The van der Waals surface area contributed by atoms with Gasteiger partial charge in [0.05, 0.1) is 13.2 Å². The number of amides is 1. The molecule has 0 spiro atoms. The van der Waals surface area contributed by atoms with E-state index in [9.17, 15) is 18.0 Å². The molecule has 1 rings (SSSR count). The second-order valence-corrected chi connectivity index (χ2v) is 4.68. The van der Waals surface area contributed by atoms with Crippen LogP contribution in [0.3, 0.4) is 0 Å². The van der Waals surface area contributed by atoms with Crippen molar-refractivity contribution in [1.29, 1.82) is 0 Å². The summed E-state index contributed by atoms with van der Waals surface area (Å²) in [4.78, 5) is 11.6. The van der Waals surface area contributed by atoms with Crippen LogP contribution >= 0.6 is 0 Å². The zero-order chi connectivity index (χ0) is 16.0. The van der Waals surface area contributed by atoms with Gasteiger partial charge < -0.3 is 10.1 Å². The summed E-state index contributed by atoms with van der Waals surface area (Å²) in [6.07, 6.45) is -4.41. The molecule has 4 nitrogen and oxygen atoms in total. The molecule has 21 heavy (non-hydrogen) atoms. The Balaban J connectivity index is 2.61. The summed E-state index contributed by atoms with van der Waals surface area (Å²) >= 11 is 0. The Labute approximate surface area is 121 Å². The monoisotopic (exact) mass is 304 g/mol. The molecule has 1 unspecified atom stereocenters. The fraction of sp³-hybridized carbons (Fsp3) is 0.500. The number of carbonyl (C=O) groups is 1. The van der Waals surface area contributed by atoms with E-state index in [1.165, 1.54) is 14.0 Å². The molecular formula is C14H19F3N2O2. The standard InChI is InChI=1S/C14H19F3N2O2/c1-9(11-6-4-5-7-12(11)21-3)19-10(2)13(20)18-8-14(15,16)17/h4-7,9-10,19H,8H2,1-3H3,(H,18,20)/t9-,10?/m0/s1. The lowest BCUT2D eigenvalue weighted by Crippen LogP contribution is -2.45. The van der Waals surface area contributed by atoms with E-state index in [1.807, 2.05) is 30.4 Å². The Hall–Kier alpha value is -1.76. The van der Waals surface area contributed by atoms with Gasteiger partial charge in [-0.2, -0.15) is 13.2 Å². The summed E-state index contributed by atoms with van der Waals surface area (Å²) in [7, 11) is 1.53. The molecule has 1 aromatic carbocycles. The molecule has 0 radical (unpaired) electrons. The van der Waals surface area contributed by atoms with Crippen molar-refractivity contribution in [1.82, 2.24) is 10.6 Å². The Morgan fingerprint density at radius 2 is 1.90 bits per heavy atom. The molecule has 1 aromatic rings. The van der Waals surface area contributed by atoms with Crippen LogP contribution in [0.5, 0.6) is 5.75 Å². The lowest BCUT2D eigenvalue weighted by molar-refractivity contribution is -0.139. The summed E-state index contributed by atoms with van der Waals surface area (Å²) in [5.74, 6) is -0.0468. The molecule has 1 amide bonds. The van der Waals surface area contributed by atoms with Gasteiger partial charge in [-0.05, 0) is 19.9 Å².